The van der Waals surface area contributed by atoms with Crippen LogP contribution in [0.3, 0.4) is 0 Å². The highest BCUT2D eigenvalue weighted by atomic mass is 16.5. The Labute approximate surface area is 132 Å². The van der Waals surface area contributed by atoms with Crippen molar-refractivity contribution in [1.82, 2.24) is 5.48 Å². The first-order chi connectivity index (χ1) is 10.7. The minimum absolute atomic E-state index is 0.145. The highest BCUT2D eigenvalue weighted by molar-refractivity contribution is 5.87. The van der Waals surface area contributed by atoms with E-state index in [4.69, 9.17) is 11.6 Å². The third-order valence-electron chi connectivity index (χ3n) is 7.07. The van der Waals surface area contributed by atoms with Gasteiger partial charge < -0.3 is 5.21 Å². The van der Waals surface area contributed by atoms with E-state index >= 15 is 0 Å². The van der Waals surface area contributed by atoms with E-state index in [1.807, 2.05) is 6.08 Å². The number of rotatable bonds is 1. The molecule has 0 heterocycles. The average molecular weight is 299 g/mol. The molecule has 4 rings (SSSR count). The Bertz CT molecular complexity index is 546. The fourth-order valence-electron chi connectivity index (χ4n) is 6.14. The third kappa shape index (κ3) is 2.08. The second kappa shape index (κ2) is 5.51. The number of carbonyl (C=O) groups is 1. The van der Waals surface area contributed by atoms with Gasteiger partial charge in [-0.05, 0) is 68.1 Å². The van der Waals surface area contributed by atoms with Gasteiger partial charge in [0.25, 0.3) is 0 Å². The zero-order valence-corrected chi connectivity index (χ0v) is 13.0. The van der Waals surface area contributed by atoms with Crippen LogP contribution in [0, 0.1) is 47.9 Å². The van der Waals surface area contributed by atoms with Crippen molar-refractivity contribution in [3.8, 4) is 12.3 Å². The van der Waals surface area contributed by atoms with E-state index in [2.05, 4.69) is 11.4 Å². The summed E-state index contributed by atoms with van der Waals surface area (Å²) in [7, 11) is 0. The van der Waals surface area contributed by atoms with E-state index in [0.717, 1.165) is 24.2 Å². The van der Waals surface area contributed by atoms with Crippen LogP contribution in [0.5, 0.6) is 0 Å². The summed E-state index contributed by atoms with van der Waals surface area (Å²) < 4.78 is 0. The van der Waals surface area contributed by atoms with Crippen molar-refractivity contribution in [3.63, 3.8) is 0 Å². The molecule has 118 valence electrons. The number of terminal acetylenes is 1. The van der Waals surface area contributed by atoms with Gasteiger partial charge in [0.05, 0.1) is 0 Å². The monoisotopic (exact) mass is 299 g/mol. The lowest BCUT2D eigenvalue weighted by atomic mass is 9.55. The first kappa shape index (κ1) is 14.5. The molecule has 3 nitrogen and oxygen atoms in total. The number of allylic oxidation sites excluding steroid dienone is 1. The Balaban J connectivity index is 1.58. The fraction of sp³-hybridized carbons (Fsp3) is 0.737. The minimum atomic E-state index is -0.476. The number of carbonyl (C=O) groups excluding carboxylic acids is 1. The largest absolute Gasteiger partial charge is 0.316 e. The molecule has 1 unspecified atom stereocenters. The predicted octanol–water partition coefficient (Wildman–Crippen LogP) is 2.94. The summed E-state index contributed by atoms with van der Waals surface area (Å²) in [5, 5.41) is 9.13. The molecule has 0 radical (unpaired) electrons. The molecule has 0 aromatic heterocycles. The number of hydrogen-bond acceptors (Lipinski definition) is 3. The summed E-state index contributed by atoms with van der Waals surface area (Å²) in [6, 6.07) is -0.476. The van der Waals surface area contributed by atoms with E-state index in [1.165, 1.54) is 37.7 Å². The van der Waals surface area contributed by atoms with Crippen LogP contribution < -0.4 is 5.48 Å². The summed E-state index contributed by atoms with van der Waals surface area (Å²) >= 11 is 0. The van der Waals surface area contributed by atoms with E-state index in [9.17, 15) is 4.79 Å². The number of fused-ring (bicyclic) bond motifs is 5. The van der Waals surface area contributed by atoms with Crippen LogP contribution in [0.25, 0.3) is 0 Å². The zero-order valence-electron chi connectivity index (χ0n) is 13.0. The maximum absolute atomic E-state index is 12.2. The second-order valence-electron chi connectivity index (χ2n) is 7.75. The van der Waals surface area contributed by atoms with Crippen LogP contribution in [-0.4, -0.2) is 17.0 Å². The fourth-order valence-corrected chi connectivity index (χ4v) is 6.14. The third-order valence-corrected chi connectivity index (χ3v) is 7.07. The molecule has 0 bridgehead atoms. The van der Waals surface area contributed by atoms with Gasteiger partial charge in [-0.25, -0.2) is 0 Å². The molecule has 0 spiro atoms. The molecule has 2 N–H and O–H groups in total. The van der Waals surface area contributed by atoms with Gasteiger partial charge >= 0.3 is 0 Å². The standard InChI is InChI=1S/C19H25NO2/c1-2-11-3-5-14-13(11)7-8-16-15(14)6-4-12-9-18(20-22)19(21)10-17(12)16/h1,9,11,13-18,20,22H,3-8,10H2/t11-,13+,14+,15-,16-,17-,18?/m0/s1. The number of nitrogens with one attached hydrogen (secondary N) is 1. The summed E-state index contributed by atoms with van der Waals surface area (Å²) in [5.41, 5.74) is 3.58. The maximum Gasteiger partial charge on any atom is 0.156 e. The smallest absolute Gasteiger partial charge is 0.156 e. The molecular formula is C19H25NO2. The molecule has 0 aromatic rings. The van der Waals surface area contributed by atoms with Gasteiger partial charge in [-0.1, -0.05) is 11.6 Å². The molecule has 0 saturated heterocycles. The minimum Gasteiger partial charge on any atom is -0.316 e. The van der Waals surface area contributed by atoms with E-state index in [-0.39, 0.29) is 5.78 Å². The number of hydroxylamine groups is 1. The summed E-state index contributed by atoms with van der Waals surface area (Å²) in [6.07, 6.45) is 15.7. The predicted molar refractivity (Wildman–Crippen MR) is 83.9 cm³/mol. The first-order valence-corrected chi connectivity index (χ1v) is 8.82. The lowest BCUT2D eigenvalue weighted by molar-refractivity contribution is -0.124. The van der Waals surface area contributed by atoms with Crippen molar-refractivity contribution in [3.05, 3.63) is 11.6 Å². The van der Waals surface area contributed by atoms with Crippen LogP contribution >= 0.6 is 0 Å². The number of hydrogen-bond donors (Lipinski definition) is 2. The van der Waals surface area contributed by atoms with Gasteiger partial charge in [-0.3, -0.25) is 4.79 Å². The van der Waals surface area contributed by atoms with Gasteiger partial charge in [0, 0.05) is 12.3 Å². The van der Waals surface area contributed by atoms with Gasteiger partial charge in [0.15, 0.2) is 5.78 Å². The quantitative estimate of drug-likeness (QED) is 0.444. The molecule has 22 heavy (non-hydrogen) atoms. The summed E-state index contributed by atoms with van der Waals surface area (Å²) in [6.45, 7) is 0. The van der Waals surface area contributed by atoms with E-state index < -0.39 is 6.04 Å². The molecule has 4 aliphatic rings. The number of Topliss-reactive ketones (excluding diaryl/α,β-unsaturated/α-hetero) is 1. The van der Waals surface area contributed by atoms with Gasteiger partial charge in [0.2, 0.25) is 0 Å². The highest BCUT2D eigenvalue weighted by Crippen LogP contribution is 2.57. The maximum atomic E-state index is 12.2. The van der Waals surface area contributed by atoms with Crippen molar-refractivity contribution in [2.75, 3.05) is 0 Å². The SMILES string of the molecule is C#C[C@H]1CC[C@H]2[C@@H]3CCC4=CC(NO)C(=O)C[C@@H]4[C@H]3CC[C@@H]21. The van der Waals surface area contributed by atoms with E-state index in [0.29, 0.717) is 24.2 Å². The summed E-state index contributed by atoms with van der Waals surface area (Å²) in [5.74, 6) is 7.08. The Morgan fingerprint density at radius 1 is 1.09 bits per heavy atom. The van der Waals surface area contributed by atoms with Gasteiger partial charge in [-0.2, -0.15) is 5.48 Å². The Morgan fingerprint density at radius 3 is 2.59 bits per heavy atom. The molecule has 0 aromatic carbocycles. The lowest BCUT2D eigenvalue weighted by Crippen LogP contribution is -2.46. The van der Waals surface area contributed by atoms with Crippen molar-refractivity contribution < 1.29 is 10.0 Å². The average Bonchev–Trinajstić information content (AvgIpc) is 2.97. The van der Waals surface area contributed by atoms with Crippen LogP contribution in [-0.2, 0) is 4.79 Å². The number of ketones is 1. The molecule has 0 aliphatic heterocycles. The molecule has 3 fully saturated rings. The van der Waals surface area contributed by atoms with Crippen molar-refractivity contribution >= 4 is 5.78 Å². The van der Waals surface area contributed by atoms with Crippen molar-refractivity contribution in [2.45, 2.75) is 51.0 Å². The zero-order chi connectivity index (χ0) is 15.3. The van der Waals surface area contributed by atoms with Crippen molar-refractivity contribution in [1.29, 1.82) is 0 Å². The normalized spacial score (nSPS) is 47.0. The van der Waals surface area contributed by atoms with E-state index in [1.54, 1.807) is 0 Å². The molecule has 7 atom stereocenters. The van der Waals surface area contributed by atoms with Crippen LogP contribution in [0.2, 0.25) is 0 Å². The van der Waals surface area contributed by atoms with Crippen molar-refractivity contribution in [2.24, 2.45) is 35.5 Å². The topological polar surface area (TPSA) is 49.3 Å². The second-order valence-corrected chi connectivity index (χ2v) is 7.75. The Morgan fingerprint density at radius 2 is 1.82 bits per heavy atom. The van der Waals surface area contributed by atoms with Gasteiger partial charge in [0.1, 0.15) is 6.04 Å². The first-order valence-electron chi connectivity index (χ1n) is 8.82. The van der Waals surface area contributed by atoms with Gasteiger partial charge in [-0.15, -0.1) is 12.3 Å². The van der Waals surface area contributed by atoms with Crippen LogP contribution in [0.4, 0.5) is 0 Å². The highest BCUT2D eigenvalue weighted by Gasteiger charge is 2.50. The molecular weight excluding hydrogens is 274 g/mol. The Hall–Kier alpha value is -1.11. The Kier molecular flexibility index (Phi) is 3.63. The van der Waals surface area contributed by atoms with Crippen LogP contribution in [0.1, 0.15) is 44.9 Å². The molecule has 3 heteroatoms. The lowest BCUT2D eigenvalue weighted by Gasteiger charge is -2.49. The van der Waals surface area contributed by atoms with Crippen LogP contribution in [0.15, 0.2) is 11.6 Å². The molecule has 0 amide bonds. The molecule has 3 saturated carbocycles. The molecule has 4 aliphatic carbocycles. The summed E-state index contributed by atoms with van der Waals surface area (Å²) in [4.78, 5) is 12.2.